The molecule has 0 fully saturated rings. The van der Waals surface area contributed by atoms with E-state index in [0.717, 1.165) is 5.01 Å². The molecule has 0 radical (unpaired) electrons. The van der Waals surface area contributed by atoms with E-state index in [1.54, 1.807) is 49.4 Å². The number of methoxy groups -OCH3 is 1. The Bertz CT molecular complexity index is 1190. The van der Waals surface area contributed by atoms with E-state index >= 15 is 0 Å². The van der Waals surface area contributed by atoms with Crippen molar-refractivity contribution in [1.82, 2.24) is 4.98 Å². The quantitative estimate of drug-likeness (QED) is 0.503. The van der Waals surface area contributed by atoms with Crippen molar-refractivity contribution in [3.8, 4) is 11.5 Å². The summed E-state index contributed by atoms with van der Waals surface area (Å²) in [4.78, 5) is 41.7. The van der Waals surface area contributed by atoms with Gasteiger partial charge in [0.25, 0.3) is 5.91 Å². The minimum atomic E-state index is -1.09. The third-order valence-corrected chi connectivity index (χ3v) is 4.71. The zero-order chi connectivity index (χ0) is 22.0. The summed E-state index contributed by atoms with van der Waals surface area (Å²) in [5.74, 6) is -2.23. The normalized spacial score (nSPS) is 15.5. The number of nitrogens with zero attached hydrogens (tertiary/aromatic N) is 3. The van der Waals surface area contributed by atoms with Crippen LogP contribution in [0.25, 0.3) is 11.5 Å². The Morgan fingerprint density at radius 3 is 2.71 bits per heavy atom. The van der Waals surface area contributed by atoms with Gasteiger partial charge in [-0.1, -0.05) is 12.1 Å². The first-order chi connectivity index (χ1) is 15.0. The lowest BCUT2D eigenvalue weighted by molar-refractivity contribution is -0.127. The van der Waals surface area contributed by atoms with Gasteiger partial charge in [0.2, 0.25) is 11.8 Å². The zero-order valence-corrected chi connectivity index (χ0v) is 16.7. The SMILES string of the molecule is COC(=O)c1cccc(N2N=C(C)[C@@H](C(=O)Nc3cccc(-c4ncco4)c3)C2=O)c1. The van der Waals surface area contributed by atoms with Crippen LogP contribution in [0.5, 0.6) is 0 Å². The molecule has 1 aromatic heterocycles. The molecule has 0 saturated carbocycles. The van der Waals surface area contributed by atoms with Crippen LogP contribution in [0.15, 0.2) is 70.5 Å². The number of ether oxygens (including phenoxy) is 1. The summed E-state index contributed by atoms with van der Waals surface area (Å²) in [6.07, 6.45) is 2.99. The highest BCUT2D eigenvalue weighted by Gasteiger charge is 2.40. The Morgan fingerprint density at radius 1 is 1.16 bits per heavy atom. The molecular weight excluding hydrogens is 400 g/mol. The largest absolute Gasteiger partial charge is 0.465 e. The lowest BCUT2D eigenvalue weighted by Gasteiger charge is -2.15. The molecule has 9 heteroatoms. The first-order valence-electron chi connectivity index (χ1n) is 9.36. The lowest BCUT2D eigenvalue weighted by Crippen LogP contribution is -2.36. The molecule has 0 bridgehead atoms. The molecule has 0 spiro atoms. The Balaban J connectivity index is 1.53. The summed E-state index contributed by atoms with van der Waals surface area (Å²) >= 11 is 0. The first-order valence-corrected chi connectivity index (χ1v) is 9.36. The van der Waals surface area contributed by atoms with E-state index < -0.39 is 23.7 Å². The number of rotatable bonds is 5. The third kappa shape index (κ3) is 3.93. The molecule has 9 nitrogen and oxygen atoms in total. The molecule has 0 aliphatic carbocycles. The number of hydrogen-bond acceptors (Lipinski definition) is 7. The number of oxazole rings is 1. The van der Waals surface area contributed by atoms with Gasteiger partial charge in [0.1, 0.15) is 6.26 Å². The van der Waals surface area contributed by atoms with Crippen LogP contribution < -0.4 is 10.3 Å². The van der Waals surface area contributed by atoms with Crippen LogP contribution in [0.4, 0.5) is 11.4 Å². The molecule has 31 heavy (non-hydrogen) atoms. The van der Waals surface area contributed by atoms with Crippen molar-refractivity contribution in [2.75, 3.05) is 17.4 Å². The standard InChI is InChI=1S/C22H18N4O5/c1-13-18(19(27)24-16-7-3-5-14(11-16)20-23-9-10-31-20)21(28)26(25-13)17-8-4-6-15(12-17)22(29)30-2/h3-12,18H,1-2H3,(H,24,27)/t18-/m0/s1. The second-order valence-corrected chi connectivity index (χ2v) is 6.77. The van der Waals surface area contributed by atoms with E-state index in [1.165, 1.54) is 25.6 Å². The van der Waals surface area contributed by atoms with Gasteiger partial charge in [-0.2, -0.15) is 10.1 Å². The fourth-order valence-corrected chi connectivity index (χ4v) is 3.25. The van der Waals surface area contributed by atoms with Crippen molar-refractivity contribution >= 4 is 34.9 Å². The highest BCUT2D eigenvalue weighted by atomic mass is 16.5. The monoisotopic (exact) mass is 418 g/mol. The van der Waals surface area contributed by atoms with Gasteiger partial charge in [-0.05, 0) is 43.3 Å². The Kier molecular flexibility index (Phi) is 5.31. The van der Waals surface area contributed by atoms with E-state index in [9.17, 15) is 14.4 Å². The molecule has 1 aliphatic rings. The molecular formula is C22H18N4O5. The average Bonchev–Trinajstić information content (AvgIpc) is 3.41. The smallest absolute Gasteiger partial charge is 0.337 e. The maximum absolute atomic E-state index is 13.0. The molecule has 1 atom stereocenters. The van der Waals surface area contributed by atoms with E-state index in [1.807, 2.05) is 0 Å². The lowest BCUT2D eigenvalue weighted by atomic mass is 10.0. The van der Waals surface area contributed by atoms with Crippen LogP contribution in [0.3, 0.4) is 0 Å². The number of aromatic nitrogens is 1. The fraction of sp³-hybridized carbons (Fsp3) is 0.136. The second kappa shape index (κ2) is 8.23. The highest BCUT2D eigenvalue weighted by molar-refractivity contribution is 6.28. The summed E-state index contributed by atoms with van der Waals surface area (Å²) in [6.45, 7) is 1.61. The molecule has 3 aromatic rings. The highest BCUT2D eigenvalue weighted by Crippen LogP contribution is 2.27. The van der Waals surface area contributed by atoms with E-state index in [0.29, 0.717) is 28.5 Å². The van der Waals surface area contributed by atoms with Crippen molar-refractivity contribution in [3.05, 3.63) is 66.6 Å². The molecule has 156 valence electrons. The predicted octanol–water partition coefficient (Wildman–Crippen LogP) is 3.11. The number of hydrogen-bond donors (Lipinski definition) is 1. The van der Waals surface area contributed by atoms with Gasteiger partial charge >= 0.3 is 5.97 Å². The molecule has 4 rings (SSSR count). The van der Waals surface area contributed by atoms with Crippen molar-refractivity contribution in [3.63, 3.8) is 0 Å². The molecule has 0 saturated heterocycles. The van der Waals surface area contributed by atoms with Crippen LogP contribution >= 0.6 is 0 Å². The van der Waals surface area contributed by atoms with Crippen LogP contribution in [0, 0.1) is 5.92 Å². The Hall–Kier alpha value is -4.27. The molecule has 2 heterocycles. The van der Waals surface area contributed by atoms with Crippen molar-refractivity contribution in [2.45, 2.75) is 6.92 Å². The summed E-state index contributed by atoms with van der Waals surface area (Å²) in [5.41, 5.74) is 2.17. The van der Waals surface area contributed by atoms with E-state index in [4.69, 9.17) is 9.15 Å². The second-order valence-electron chi connectivity index (χ2n) is 6.77. The summed E-state index contributed by atoms with van der Waals surface area (Å²) in [6, 6.07) is 13.2. The molecule has 0 unspecified atom stereocenters. The molecule has 1 N–H and O–H groups in total. The average molecular weight is 418 g/mol. The topological polar surface area (TPSA) is 114 Å². The number of carbonyl (C=O) groups is 3. The van der Waals surface area contributed by atoms with Crippen LogP contribution in [0.2, 0.25) is 0 Å². The number of hydrazone groups is 1. The Morgan fingerprint density at radius 2 is 1.97 bits per heavy atom. The minimum Gasteiger partial charge on any atom is -0.465 e. The van der Waals surface area contributed by atoms with Crippen LogP contribution in [-0.2, 0) is 14.3 Å². The van der Waals surface area contributed by atoms with Gasteiger partial charge < -0.3 is 14.5 Å². The van der Waals surface area contributed by atoms with Gasteiger partial charge in [0.05, 0.1) is 30.3 Å². The van der Waals surface area contributed by atoms with Crippen molar-refractivity contribution in [2.24, 2.45) is 11.0 Å². The third-order valence-electron chi connectivity index (χ3n) is 4.71. The molecule has 2 amide bonds. The van der Waals surface area contributed by atoms with Crippen molar-refractivity contribution < 1.29 is 23.5 Å². The first kappa shape index (κ1) is 20.0. The predicted molar refractivity (Wildman–Crippen MR) is 112 cm³/mol. The maximum Gasteiger partial charge on any atom is 0.337 e. The number of carbonyl (C=O) groups excluding carboxylic acids is 3. The fourth-order valence-electron chi connectivity index (χ4n) is 3.25. The van der Waals surface area contributed by atoms with Gasteiger partial charge in [0.15, 0.2) is 5.92 Å². The minimum absolute atomic E-state index is 0.275. The number of esters is 1. The number of nitrogens with one attached hydrogen (secondary N) is 1. The zero-order valence-electron chi connectivity index (χ0n) is 16.7. The van der Waals surface area contributed by atoms with Crippen LogP contribution in [-0.4, -0.2) is 35.6 Å². The van der Waals surface area contributed by atoms with Gasteiger partial charge in [-0.3, -0.25) is 9.59 Å². The van der Waals surface area contributed by atoms with Gasteiger partial charge in [-0.25, -0.2) is 9.78 Å². The number of benzene rings is 2. The maximum atomic E-state index is 13.0. The van der Waals surface area contributed by atoms with Crippen molar-refractivity contribution in [1.29, 1.82) is 0 Å². The van der Waals surface area contributed by atoms with E-state index in [2.05, 4.69) is 15.4 Å². The van der Waals surface area contributed by atoms with E-state index in [-0.39, 0.29) is 5.56 Å². The molecule has 1 aliphatic heterocycles. The summed E-state index contributed by atoms with van der Waals surface area (Å²) < 4.78 is 9.98. The molecule has 2 aromatic carbocycles. The number of anilines is 2. The Labute approximate surface area is 177 Å². The van der Waals surface area contributed by atoms with Gasteiger partial charge in [0, 0.05) is 11.3 Å². The van der Waals surface area contributed by atoms with Crippen LogP contribution in [0.1, 0.15) is 17.3 Å². The summed E-state index contributed by atoms with van der Waals surface area (Å²) in [5, 5.41) is 8.10. The van der Waals surface area contributed by atoms with Gasteiger partial charge in [-0.15, -0.1) is 0 Å². The summed E-state index contributed by atoms with van der Waals surface area (Å²) in [7, 11) is 1.27. The number of amides is 2.